The Morgan fingerprint density at radius 3 is 2.88 bits per heavy atom. The van der Waals surface area contributed by atoms with Gasteiger partial charge in [-0.2, -0.15) is 0 Å². The van der Waals surface area contributed by atoms with Gasteiger partial charge >= 0.3 is 0 Å². The van der Waals surface area contributed by atoms with Crippen molar-refractivity contribution in [1.29, 1.82) is 0 Å². The molecular weight excluding hydrogens is 218 g/mol. The first-order valence-electron chi connectivity index (χ1n) is 6.18. The van der Waals surface area contributed by atoms with Crippen LogP contribution in [0.1, 0.15) is 23.4 Å². The van der Waals surface area contributed by atoms with Crippen LogP contribution in [-0.2, 0) is 6.42 Å². The van der Waals surface area contributed by atoms with Crippen molar-refractivity contribution in [2.24, 2.45) is 0 Å². The normalized spacial score (nSPS) is 17.1. The summed E-state index contributed by atoms with van der Waals surface area (Å²) >= 11 is 1.77. The predicted molar refractivity (Wildman–Crippen MR) is 69.1 cm³/mol. The zero-order chi connectivity index (χ0) is 11.2. The number of likely N-dealkylation sites (tertiary alicyclic amines) is 1. The summed E-state index contributed by atoms with van der Waals surface area (Å²) < 4.78 is 0. The second-order valence-electron chi connectivity index (χ2n) is 4.41. The van der Waals surface area contributed by atoms with E-state index in [1.54, 1.807) is 11.3 Å². The van der Waals surface area contributed by atoms with E-state index < -0.39 is 0 Å². The molecule has 0 unspecified atom stereocenters. The number of hydrogen-bond donors (Lipinski definition) is 1. The highest BCUT2D eigenvalue weighted by molar-refractivity contribution is 7.09. The van der Waals surface area contributed by atoms with Gasteiger partial charge < -0.3 is 10.2 Å². The second kappa shape index (κ2) is 6.33. The number of aryl methyl sites for hydroxylation is 1. The molecule has 1 fully saturated rings. The zero-order valence-corrected chi connectivity index (χ0v) is 10.9. The number of aromatic nitrogens is 1. The smallest absolute Gasteiger partial charge is 0.0797 e. The molecule has 90 valence electrons. The molecule has 0 atom stereocenters. The third-order valence-corrected chi connectivity index (χ3v) is 4.17. The van der Waals surface area contributed by atoms with Crippen LogP contribution in [0.25, 0.3) is 0 Å². The van der Waals surface area contributed by atoms with E-state index in [2.05, 4.69) is 22.1 Å². The fourth-order valence-electron chi connectivity index (χ4n) is 2.14. The van der Waals surface area contributed by atoms with Crippen molar-refractivity contribution in [3.05, 3.63) is 16.1 Å². The maximum absolute atomic E-state index is 4.26. The summed E-state index contributed by atoms with van der Waals surface area (Å²) in [6.45, 7) is 8.11. The molecule has 0 amide bonds. The standard InChI is InChI=1S/C12H21N3S/c1-11-12(16-10-14-11)4-5-13-6-9-15-7-2-3-8-15/h10,13H,2-9H2,1H3. The van der Waals surface area contributed by atoms with Gasteiger partial charge in [0.2, 0.25) is 0 Å². The van der Waals surface area contributed by atoms with Gasteiger partial charge in [-0.15, -0.1) is 11.3 Å². The van der Waals surface area contributed by atoms with Gasteiger partial charge in [-0.25, -0.2) is 4.98 Å². The van der Waals surface area contributed by atoms with Crippen LogP contribution >= 0.6 is 11.3 Å². The van der Waals surface area contributed by atoms with Crippen molar-refractivity contribution in [3.63, 3.8) is 0 Å². The molecule has 0 spiro atoms. The molecule has 0 aromatic carbocycles. The van der Waals surface area contributed by atoms with Crippen LogP contribution in [0.15, 0.2) is 5.51 Å². The van der Waals surface area contributed by atoms with Gasteiger partial charge in [0.1, 0.15) is 0 Å². The maximum Gasteiger partial charge on any atom is 0.0797 e. The minimum atomic E-state index is 1.08. The third-order valence-electron chi connectivity index (χ3n) is 3.18. The molecule has 1 aliphatic rings. The van der Waals surface area contributed by atoms with Crippen LogP contribution in [0.3, 0.4) is 0 Å². The fourth-order valence-corrected chi connectivity index (χ4v) is 2.92. The molecule has 0 aliphatic carbocycles. The van der Waals surface area contributed by atoms with Gasteiger partial charge in [0, 0.05) is 24.5 Å². The number of rotatable bonds is 6. The van der Waals surface area contributed by atoms with Gasteiger partial charge in [0.05, 0.1) is 11.2 Å². The zero-order valence-electron chi connectivity index (χ0n) is 10.0. The summed E-state index contributed by atoms with van der Waals surface area (Å²) in [5.41, 5.74) is 3.14. The van der Waals surface area contributed by atoms with Gasteiger partial charge in [-0.05, 0) is 39.3 Å². The molecule has 1 aromatic heterocycles. The molecule has 1 saturated heterocycles. The van der Waals surface area contributed by atoms with E-state index in [1.165, 1.54) is 43.0 Å². The summed E-state index contributed by atoms with van der Waals surface area (Å²) in [7, 11) is 0. The summed E-state index contributed by atoms with van der Waals surface area (Å²) in [5, 5.41) is 3.52. The van der Waals surface area contributed by atoms with Crippen LogP contribution in [0.4, 0.5) is 0 Å². The maximum atomic E-state index is 4.26. The second-order valence-corrected chi connectivity index (χ2v) is 5.35. The average molecular weight is 239 g/mol. The number of nitrogens with zero attached hydrogens (tertiary/aromatic N) is 2. The third kappa shape index (κ3) is 3.54. The fraction of sp³-hybridized carbons (Fsp3) is 0.750. The van der Waals surface area contributed by atoms with E-state index in [4.69, 9.17) is 0 Å². The Hall–Kier alpha value is -0.450. The lowest BCUT2D eigenvalue weighted by molar-refractivity contribution is 0.336. The topological polar surface area (TPSA) is 28.2 Å². The van der Waals surface area contributed by atoms with E-state index in [0.29, 0.717) is 0 Å². The highest BCUT2D eigenvalue weighted by Gasteiger charge is 2.09. The van der Waals surface area contributed by atoms with Crippen LogP contribution < -0.4 is 5.32 Å². The summed E-state index contributed by atoms with van der Waals surface area (Å²) in [6.07, 6.45) is 3.90. The molecule has 2 rings (SSSR count). The largest absolute Gasteiger partial charge is 0.315 e. The first kappa shape index (κ1) is 12.0. The minimum absolute atomic E-state index is 1.08. The number of nitrogens with one attached hydrogen (secondary N) is 1. The van der Waals surface area contributed by atoms with Crippen LogP contribution in [0, 0.1) is 6.92 Å². The lowest BCUT2D eigenvalue weighted by Crippen LogP contribution is -2.30. The van der Waals surface area contributed by atoms with Crippen molar-refractivity contribution >= 4 is 11.3 Å². The molecule has 0 radical (unpaired) electrons. The molecule has 1 aliphatic heterocycles. The molecule has 16 heavy (non-hydrogen) atoms. The SMILES string of the molecule is Cc1ncsc1CCNCCN1CCCC1. The number of thiazole rings is 1. The molecule has 3 nitrogen and oxygen atoms in total. The van der Waals surface area contributed by atoms with Crippen molar-refractivity contribution in [2.75, 3.05) is 32.7 Å². The van der Waals surface area contributed by atoms with Crippen molar-refractivity contribution in [2.45, 2.75) is 26.2 Å². The van der Waals surface area contributed by atoms with Gasteiger partial charge in [0.25, 0.3) is 0 Å². The van der Waals surface area contributed by atoms with E-state index >= 15 is 0 Å². The minimum Gasteiger partial charge on any atom is -0.315 e. The Morgan fingerprint density at radius 1 is 1.38 bits per heavy atom. The predicted octanol–water partition coefficient (Wildman–Crippen LogP) is 1.68. The van der Waals surface area contributed by atoms with E-state index in [9.17, 15) is 0 Å². The first-order valence-corrected chi connectivity index (χ1v) is 7.06. The van der Waals surface area contributed by atoms with Crippen LogP contribution in [0.2, 0.25) is 0 Å². The lowest BCUT2D eigenvalue weighted by atomic mass is 10.3. The molecule has 4 heteroatoms. The molecule has 1 N–H and O–H groups in total. The van der Waals surface area contributed by atoms with Gasteiger partial charge in [0.15, 0.2) is 0 Å². The first-order chi connectivity index (χ1) is 7.86. The highest BCUT2D eigenvalue weighted by atomic mass is 32.1. The molecule has 1 aromatic rings. The molecule has 2 heterocycles. The monoisotopic (exact) mass is 239 g/mol. The summed E-state index contributed by atoms with van der Waals surface area (Å²) in [6, 6.07) is 0. The van der Waals surface area contributed by atoms with Crippen LogP contribution in [0.5, 0.6) is 0 Å². The summed E-state index contributed by atoms with van der Waals surface area (Å²) in [4.78, 5) is 8.23. The number of hydrogen-bond acceptors (Lipinski definition) is 4. The lowest BCUT2D eigenvalue weighted by Gasteiger charge is -2.14. The molecule has 0 bridgehead atoms. The van der Waals surface area contributed by atoms with E-state index in [0.717, 1.165) is 19.5 Å². The van der Waals surface area contributed by atoms with Crippen molar-refractivity contribution < 1.29 is 0 Å². The Morgan fingerprint density at radius 2 is 2.19 bits per heavy atom. The molecule has 0 saturated carbocycles. The van der Waals surface area contributed by atoms with Crippen LogP contribution in [-0.4, -0.2) is 42.6 Å². The highest BCUT2D eigenvalue weighted by Crippen LogP contribution is 2.11. The van der Waals surface area contributed by atoms with E-state index in [1.807, 2.05) is 5.51 Å². The molecular formula is C12H21N3S. The Kier molecular flexibility index (Phi) is 4.75. The Labute approximate surface area is 102 Å². The van der Waals surface area contributed by atoms with E-state index in [-0.39, 0.29) is 0 Å². The van der Waals surface area contributed by atoms with Gasteiger partial charge in [-0.1, -0.05) is 0 Å². The quantitative estimate of drug-likeness (QED) is 0.766. The Balaban J connectivity index is 1.53. The van der Waals surface area contributed by atoms with Crippen molar-refractivity contribution in [1.82, 2.24) is 15.2 Å². The Bertz CT molecular complexity index is 305. The van der Waals surface area contributed by atoms with Gasteiger partial charge in [-0.3, -0.25) is 0 Å². The average Bonchev–Trinajstić information content (AvgIpc) is 2.90. The van der Waals surface area contributed by atoms with Crippen molar-refractivity contribution in [3.8, 4) is 0 Å². The summed E-state index contributed by atoms with van der Waals surface area (Å²) in [5.74, 6) is 0.